The maximum absolute atomic E-state index is 14.3. The molecule has 4 aromatic rings. The molecule has 0 radical (unpaired) electrons. The number of carbonyl (C=O) groups excluding carboxylic acids is 1. The molecule has 1 aliphatic heterocycles. The van der Waals surface area contributed by atoms with Crippen LogP contribution in [0.3, 0.4) is 0 Å². The quantitative estimate of drug-likeness (QED) is 0.375. The van der Waals surface area contributed by atoms with Gasteiger partial charge in [-0.1, -0.05) is 24.3 Å². The van der Waals surface area contributed by atoms with Gasteiger partial charge in [0.05, 0.1) is 16.6 Å². The lowest BCUT2D eigenvalue weighted by atomic mass is 10.0. The largest absolute Gasteiger partial charge is 0.433 e. The number of rotatable bonds is 3. The van der Waals surface area contributed by atoms with E-state index in [9.17, 15) is 22.4 Å². The number of hydrogen-bond acceptors (Lipinski definition) is 4. The molecule has 0 unspecified atom stereocenters. The molecule has 0 N–H and O–H groups in total. The predicted octanol–water partition coefficient (Wildman–Crippen LogP) is 5.59. The lowest BCUT2D eigenvalue weighted by Gasteiger charge is -2.24. The first-order valence-electron chi connectivity index (χ1n) is 9.90. The smallest absolute Gasteiger partial charge is 0.330 e. The van der Waals surface area contributed by atoms with Gasteiger partial charge >= 0.3 is 6.18 Å². The minimum Gasteiger partial charge on any atom is -0.330 e. The van der Waals surface area contributed by atoms with Crippen LogP contribution in [0.2, 0.25) is 0 Å². The number of benzene rings is 1. The Morgan fingerprint density at radius 1 is 1.12 bits per heavy atom. The zero-order valence-electron chi connectivity index (χ0n) is 16.5. The summed E-state index contributed by atoms with van der Waals surface area (Å²) in [5, 5.41) is 5.70. The Labute approximate surface area is 183 Å². The number of amides is 1. The van der Waals surface area contributed by atoms with Crippen LogP contribution in [0.5, 0.6) is 0 Å². The summed E-state index contributed by atoms with van der Waals surface area (Å²) >= 11 is 1.27. The van der Waals surface area contributed by atoms with E-state index in [1.807, 2.05) is 0 Å². The summed E-state index contributed by atoms with van der Waals surface area (Å²) in [6.07, 6.45) is -3.47. The summed E-state index contributed by atoms with van der Waals surface area (Å²) in [6.45, 7) is 0.367. The standard InChI is InChI=1S/C22H16F4N4OS/c23-14-6-2-1-5-13(14)17-7-3-9-29(17)21(31)16-12-20-27-15(18-8-4-10-32-18)11-19(22(24,25)26)30(20)28-16/h1-2,4-6,8,10-12,17H,3,7,9H2/t17-/m1/s1. The van der Waals surface area contributed by atoms with Crippen LogP contribution in [0.25, 0.3) is 16.2 Å². The van der Waals surface area contributed by atoms with Gasteiger partial charge in [0.25, 0.3) is 5.91 Å². The first-order chi connectivity index (χ1) is 15.3. The van der Waals surface area contributed by atoms with Crippen molar-refractivity contribution in [3.05, 3.63) is 76.7 Å². The monoisotopic (exact) mass is 460 g/mol. The maximum Gasteiger partial charge on any atom is 0.433 e. The fourth-order valence-corrected chi connectivity index (χ4v) is 4.74. The number of nitrogens with zero attached hydrogens (tertiary/aromatic N) is 4. The molecule has 1 amide bonds. The molecule has 1 fully saturated rings. The average Bonchev–Trinajstić information content (AvgIpc) is 3.52. The van der Waals surface area contributed by atoms with Gasteiger partial charge in [0, 0.05) is 18.2 Å². The van der Waals surface area contributed by atoms with Gasteiger partial charge in [-0.25, -0.2) is 13.9 Å². The molecule has 3 aromatic heterocycles. The van der Waals surface area contributed by atoms with Crippen molar-refractivity contribution in [1.82, 2.24) is 19.5 Å². The van der Waals surface area contributed by atoms with Gasteiger partial charge in [0.1, 0.15) is 5.82 Å². The highest BCUT2D eigenvalue weighted by molar-refractivity contribution is 7.13. The van der Waals surface area contributed by atoms with Crippen LogP contribution in [0, 0.1) is 5.82 Å². The highest BCUT2D eigenvalue weighted by atomic mass is 32.1. The molecule has 164 valence electrons. The van der Waals surface area contributed by atoms with E-state index < -0.39 is 29.6 Å². The zero-order valence-corrected chi connectivity index (χ0v) is 17.3. The van der Waals surface area contributed by atoms with Crippen molar-refractivity contribution in [3.8, 4) is 10.6 Å². The topological polar surface area (TPSA) is 50.5 Å². The molecule has 1 atom stereocenters. The van der Waals surface area contributed by atoms with Crippen molar-refractivity contribution >= 4 is 22.9 Å². The third kappa shape index (κ3) is 3.54. The number of halogens is 4. The number of alkyl halides is 3. The number of thiophene rings is 1. The van der Waals surface area contributed by atoms with Crippen molar-refractivity contribution in [2.45, 2.75) is 25.1 Å². The van der Waals surface area contributed by atoms with Crippen molar-refractivity contribution in [2.24, 2.45) is 0 Å². The summed E-state index contributed by atoms with van der Waals surface area (Å²) < 4.78 is 56.2. The molecule has 32 heavy (non-hydrogen) atoms. The Kier molecular flexibility index (Phi) is 4.96. The number of aromatic nitrogens is 3. The molecule has 10 heteroatoms. The fourth-order valence-electron chi connectivity index (χ4n) is 4.06. The zero-order chi connectivity index (χ0) is 22.5. The Morgan fingerprint density at radius 2 is 1.94 bits per heavy atom. The van der Waals surface area contributed by atoms with Crippen LogP contribution in [0.4, 0.5) is 17.6 Å². The summed E-state index contributed by atoms with van der Waals surface area (Å²) in [5.74, 6) is -0.971. The second-order valence-corrected chi connectivity index (χ2v) is 8.43. The number of fused-ring (bicyclic) bond motifs is 1. The van der Waals surface area contributed by atoms with E-state index in [1.165, 1.54) is 28.4 Å². The fraction of sp³-hybridized carbons (Fsp3) is 0.227. The molecular formula is C22H16F4N4OS. The van der Waals surface area contributed by atoms with Gasteiger partial charge in [-0.2, -0.15) is 18.3 Å². The van der Waals surface area contributed by atoms with Gasteiger partial charge in [-0.3, -0.25) is 4.79 Å². The summed E-state index contributed by atoms with van der Waals surface area (Å²) in [6, 6.07) is 11.3. The minimum atomic E-state index is -4.69. The lowest BCUT2D eigenvalue weighted by molar-refractivity contribution is -0.142. The first kappa shape index (κ1) is 20.6. The van der Waals surface area contributed by atoms with Gasteiger partial charge in [0.2, 0.25) is 0 Å². The molecular weight excluding hydrogens is 444 g/mol. The number of hydrogen-bond donors (Lipinski definition) is 0. The number of likely N-dealkylation sites (tertiary alicyclic amines) is 1. The first-order valence-corrected chi connectivity index (χ1v) is 10.8. The summed E-state index contributed by atoms with van der Waals surface area (Å²) in [4.78, 5) is 19.5. The van der Waals surface area contributed by atoms with Crippen LogP contribution in [-0.2, 0) is 6.18 Å². The van der Waals surface area contributed by atoms with Crippen LogP contribution >= 0.6 is 11.3 Å². The second-order valence-electron chi connectivity index (χ2n) is 7.48. The lowest BCUT2D eigenvalue weighted by Crippen LogP contribution is -2.31. The molecule has 0 spiro atoms. The van der Waals surface area contributed by atoms with Crippen molar-refractivity contribution in [2.75, 3.05) is 6.54 Å². The Balaban J connectivity index is 1.57. The minimum absolute atomic E-state index is 0.0757. The predicted molar refractivity (Wildman–Crippen MR) is 111 cm³/mol. The highest BCUT2D eigenvalue weighted by Crippen LogP contribution is 2.36. The Bertz CT molecular complexity index is 1300. The third-order valence-corrected chi connectivity index (χ3v) is 6.38. The van der Waals surface area contributed by atoms with Crippen molar-refractivity contribution in [1.29, 1.82) is 0 Å². The van der Waals surface area contributed by atoms with Crippen LogP contribution in [-0.4, -0.2) is 31.9 Å². The van der Waals surface area contributed by atoms with Crippen molar-refractivity contribution < 1.29 is 22.4 Å². The van der Waals surface area contributed by atoms with E-state index >= 15 is 0 Å². The molecule has 0 bridgehead atoms. The third-order valence-electron chi connectivity index (χ3n) is 5.49. The molecule has 1 aliphatic rings. The molecule has 1 aromatic carbocycles. The molecule has 0 aliphatic carbocycles. The van der Waals surface area contributed by atoms with Gasteiger partial charge in [-0.05, 0) is 36.4 Å². The van der Waals surface area contributed by atoms with E-state index in [0.717, 1.165) is 6.07 Å². The van der Waals surface area contributed by atoms with E-state index in [2.05, 4.69) is 10.1 Å². The van der Waals surface area contributed by atoms with Crippen LogP contribution < -0.4 is 0 Å². The van der Waals surface area contributed by atoms with Crippen LogP contribution in [0.1, 0.15) is 40.6 Å². The molecule has 4 heterocycles. The summed E-state index contributed by atoms with van der Waals surface area (Å²) in [7, 11) is 0. The van der Waals surface area contributed by atoms with E-state index in [0.29, 0.717) is 34.3 Å². The summed E-state index contributed by atoms with van der Waals surface area (Å²) in [5.41, 5.74) is -0.708. The van der Waals surface area contributed by atoms with Crippen LogP contribution in [0.15, 0.2) is 53.9 Å². The SMILES string of the molecule is O=C(c1cc2nc(-c3cccs3)cc(C(F)(F)F)n2n1)N1CCC[C@@H]1c1ccccc1F. The molecule has 5 rings (SSSR count). The van der Waals surface area contributed by atoms with E-state index in [4.69, 9.17) is 0 Å². The van der Waals surface area contributed by atoms with Gasteiger partial charge in [-0.15, -0.1) is 11.3 Å². The van der Waals surface area contributed by atoms with Crippen molar-refractivity contribution in [3.63, 3.8) is 0 Å². The van der Waals surface area contributed by atoms with E-state index in [1.54, 1.807) is 35.7 Å². The maximum atomic E-state index is 14.3. The van der Waals surface area contributed by atoms with Gasteiger partial charge in [0.15, 0.2) is 17.0 Å². The normalized spacial score (nSPS) is 16.8. The molecule has 1 saturated heterocycles. The Hall–Kier alpha value is -3.27. The molecule has 0 saturated carbocycles. The molecule has 5 nitrogen and oxygen atoms in total. The Morgan fingerprint density at radius 3 is 2.66 bits per heavy atom. The number of carbonyl (C=O) groups is 1. The average molecular weight is 460 g/mol. The highest BCUT2D eigenvalue weighted by Gasteiger charge is 2.37. The second kappa shape index (κ2) is 7.70. The van der Waals surface area contributed by atoms with E-state index in [-0.39, 0.29) is 17.0 Å². The van der Waals surface area contributed by atoms with Gasteiger partial charge < -0.3 is 4.90 Å².